The number of hydrogen-bond acceptors (Lipinski definition) is 4. The number of hydrogen-bond donors (Lipinski definition) is 2. The van der Waals surface area contributed by atoms with Crippen LogP contribution >= 0.6 is 24.8 Å². The van der Waals surface area contributed by atoms with Gasteiger partial charge in [0.25, 0.3) is 0 Å². The molecule has 2 aromatic rings. The van der Waals surface area contributed by atoms with Crippen molar-refractivity contribution >= 4 is 30.7 Å². The van der Waals surface area contributed by atoms with E-state index in [0.29, 0.717) is 6.61 Å². The second-order valence-electron chi connectivity index (χ2n) is 7.72. The average Bonchev–Trinajstić information content (AvgIpc) is 2.67. The number of nitrogens with two attached hydrogens (primary N) is 1. The quantitative estimate of drug-likeness (QED) is 0.689. The zero-order chi connectivity index (χ0) is 19.3. The fourth-order valence-electron chi connectivity index (χ4n) is 3.70. The van der Waals surface area contributed by atoms with Crippen LogP contribution in [-0.2, 0) is 11.4 Å². The largest absolute Gasteiger partial charge is 0.487 e. The van der Waals surface area contributed by atoms with Crippen LogP contribution in [0.2, 0.25) is 0 Å². The molecule has 0 aliphatic heterocycles. The van der Waals surface area contributed by atoms with Crippen LogP contribution in [0, 0.1) is 5.92 Å². The third-order valence-corrected chi connectivity index (χ3v) is 5.40. The summed E-state index contributed by atoms with van der Waals surface area (Å²) in [7, 11) is 0. The Balaban J connectivity index is 0.00000210. The summed E-state index contributed by atoms with van der Waals surface area (Å²) in [6.07, 6.45) is 5.68. The Morgan fingerprint density at radius 2 is 2.07 bits per heavy atom. The predicted octanol–water partition coefficient (Wildman–Crippen LogP) is 4.59. The van der Waals surface area contributed by atoms with Gasteiger partial charge in [-0.3, -0.25) is 9.78 Å². The smallest absolute Gasteiger partial charge is 0.225 e. The van der Waals surface area contributed by atoms with Crippen LogP contribution in [0.5, 0.6) is 5.75 Å². The number of amides is 1. The van der Waals surface area contributed by atoms with E-state index in [2.05, 4.69) is 10.3 Å². The summed E-state index contributed by atoms with van der Waals surface area (Å²) in [4.78, 5) is 17.0. The van der Waals surface area contributed by atoms with E-state index in [-0.39, 0.29) is 42.7 Å². The molecule has 1 amide bonds. The van der Waals surface area contributed by atoms with E-state index in [9.17, 15) is 4.79 Å². The van der Waals surface area contributed by atoms with Crippen molar-refractivity contribution in [2.45, 2.75) is 57.7 Å². The molecule has 0 radical (unpaired) electrons. The fraction of sp³-hybridized carbons (Fsp3) is 0.455. The summed E-state index contributed by atoms with van der Waals surface area (Å²) >= 11 is 0. The standard InChI is InChI=1S/C22H29N3O2.2ClH/c1-16(25-21(26)20-11-3-5-12-22(20,2)23)17-8-7-10-19(14-17)27-15-18-9-4-6-13-24-18;;/h4,6-10,13-14,16,20H,3,5,11-12,15,23H2,1-2H3,(H,25,26);2*1H. The summed E-state index contributed by atoms with van der Waals surface area (Å²) < 4.78 is 5.84. The van der Waals surface area contributed by atoms with Crippen LogP contribution in [0.3, 0.4) is 0 Å². The van der Waals surface area contributed by atoms with E-state index in [1.54, 1.807) is 6.20 Å². The van der Waals surface area contributed by atoms with Crippen molar-refractivity contribution in [1.82, 2.24) is 10.3 Å². The molecule has 3 N–H and O–H groups in total. The third kappa shape index (κ3) is 6.88. The van der Waals surface area contributed by atoms with Crippen LogP contribution in [0.1, 0.15) is 56.8 Å². The second kappa shape index (κ2) is 11.4. The van der Waals surface area contributed by atoms with E-state index < -0.39 is 5.54 Å². The van der Waals surface area contributed by atoms with Gasteiger partial charge in [0.05, 0.1) is 17.7 Å². The summed E-state index contributed by atoms with van der Waals surface area (Å²) in [5, 5.41) is 3.14. The van der Waals surface area contributed by atoms with Gasteiger partial charge in [0, 0.05) is 11.7 Å². The molecule has 1 heterocycles. The Bertz CT molecular complexity index is 772. The average molecular weight is 440 g/mol. The summed E-state index contributed by atoms with van der Waals surface area (Å²) in [6.45, 7) is 4.40. The van der Waals surface area contributed by atoms with Crippen molar-refractivity contribution in [2.75, 3.05) is 0 Å². The molecular weight excluding hydrogens is 409 g/mol. The van der Waals surface area contributed by atoms with Gasteiger partial charge >= 0.3 is 0 Å². The minimum absolute atomic E-state index is 0. The van der Waals surface area contributed by atoms with Gasteiger partial charge in [-0.05, 0) is 56.5 Å². The van der Waals surface area contributed by atoms with Crippen LogP contribution in [0.4, 0.5) is 0 Å². The zero-order valence-electron chi connectivity index (χ0n) is 17.0. The summed E-state index contributed by atoms with van der Waals surface area (Å²) in [5.74, 6) is 0.685. The highest BCUT2D eigenvalue weighted by Gasteiger charge is 2.38. The lowest BCUT2D eigenvalue weighted by molar-refractivity contribution is -0.128. The molecule has 1 aliphatic rings. The number of benzene rings is 1. The van der Waals surface area contributed by atoms with Gasteiger partial charge in [-0.2, -0.15) is 0 Å². The molecule has 5 nitrogen and oxygen atoms in total. The first-order chi connectivity index (χ1) is 13.0. The molecule has 0 spiro atoms. The number of aromatic nitrogens is 1. The summed E-state index contributed by atoms with van der Waals surface area (Å²) in [5.41, 5.74) is 7.84. The molecule has 0 bridgehead atoms. The molecule has 1 fully saturated rings. The lowest BCUT2D eigenvalue weighted by Gasteiger charge is -2.37. The number of nitrogens with one attached hydrogen (secondary N) is 1. The molecule has 0 saturated heterocycles. The molecule has 1 aromatic heterocycles. The highest BCUT2D eigenvalue weighted by Crippen LogP contribution is 2.32. The third-order valence-electron chi connectivity index (χ3n) is 5.40. The van der Waals surface area contributed by atoms with Crippen molar-refractivity contribution in [2.24, 2.45) is 11.7 Å². The molecule has 1 aliphatic carbocycles. The van der Waals surface area contributed by atoms with E-state index in [1.807, 2.05) is 56.3 Å². The van der Waals surface area contributed by atoms with Crippen molar-refractivity contribution in [3.63, 3.8) is 0 Å². The Kier molecular flexibility index (Phi) is 9.90. The van der Waals surface area contributed by atoms with Crippen molar-refractivity contribution in [1.29, 1.82) is 0 Å². The van der Waals surface area contributed by atoms with Crippen LogP contribution in [0.25, 0.3) is 0 Å². The van der Waals surface area contributed by atoms with Crippen LogP contribution in [0.15, 0.2) is 48.7 Å². The SMILES string of the molecule is CC(NC(=O)C1CCCCC1(C)N)c1cccc(OCc2ccccn2)c1.Cl.Cl. The molecule has 3 rings (SSSR count). The van der Waals surface area contributed by atoms with Gasteiger partial charge in [-0.15, -0.1) is 24.8 Å². The molecule has 29 heavy (non-hydrogen) atoms. The number of ether oxygens (including phenoxy) is 1. The topological polar surface area (TPSA) is 77.2 Å². The van der Waals surface area contributed by atoms with E-state index in [0.717, 1.165) is 42.7 Å². The minimum atomic E-state index is -0.421. The number of carbonyl (C=O) groups excluding carboxylic acids is 1. The maximum Gasteiger partial charge on any atom is 0.225 e. The van der Waals surface area contributed by atoms with E-state index >= 15 is 0 Å². The normalized spacial score (nSPS) is 21.8. The highest BCUT2D eigenvalue weighted by atomic mass is 35.5. The number of carbonyl (C=O) groups is 1. The lowest BCUT2D eigenvalue weighted by Crippen LogP contribution is -2.53. The predicted molar refractivity (Wildman–Crippen MR) is 121 cm³/mol. The number of nitrogens with zero attached hydrogens (tertiary/aromatic N) is 1. The fourth-order valence-corrected chi connectivity index (χ4v) is 3.70. The van der Waals surface area contributed by atoms with E-state index in [1.165, 1.54) is 0 Å². The van der Waals surface area contributed by atoms with Crippen molar-refractivity contribution < 1.29 is 9.53 Å². The first-order valence-electron chi connectivity index (χ1n) is 9.67. The van der Waals surface area contributed by atoms with Gasteiger partial charge in [0.2, 0.25) is 5.91 Å². The van der Waals surface area contributed by atoms with E-state index in [4.69, 9.17) is 10.5 Å². The number of halogens is 2. The highest BCUT2D eigenvalue weighted by molar-refractivity contribution is 5.85. The lowest BCUT2D eigenvalue weighted by atomic mass is 9.74. The molecule has 160 valence electrons. The van der Waals surface area contributed by atoms with Crippen molar-refractivity contribution in [3.8, 4) is 5.75 Å². The number of rotatable bonds is 6. The summed E-state index contributed by atoms with van der Waals surface area (Å²) in [6, 6.07) is 13.5. The Morgan fingerprint density at radius 1 is 1.28 bits per heavy atom. The van der Waals surface area contributed by atoms with Gasteiger partial charge in [-0.1, -0.05) is 31.0 Å². The van der Waals surface area contributed by atoms with Crippen molar-refractivity contribution in [3.05, 3.63) is 59.9 Å². The molecule has 1 saturated carbocycles. The molecule has 1 aromatic carbocycles. The number of pyridine rings is 1. The van der Waals surface area contributed by atoms with Gasteiger partial charge in [0.15, 0.2) is 0 Å². The van der Waals surface area contributed by atoms with Crippen LogP contribution in [-0.4, -0.2) is 16.4 Å². The van der Waals surface area contributed by atoms with Gasteiger partial charge in [-0.25, -0.2) is 0 Å². The molecular formula is C22H31Cl2N3O2. The van der Waals surface area contributed by atoms with Crippen LogP contribution < -0.4 is 15.8 Å². The monoisotopic (exact) mass is 439 g/mol. The first kappa shape index (κ1) is 25.2. The zero-order valence-corrected chi connectivity index (χ0v) is 18.6. The Hall–Kier alpha value is -1.82. The molecule has 7 heteroatoms. The maximum absolute atomic E-state index is 12.8. The Morgan fingerprint density at radius 3 is 2.76 bits per heavy atom. The first-order valence-corrected chi connectivity index (χ1v) is 9.67. The maximum atomic E-state index is 12.8. The Labute approximate surface area is 185 Å². The van der Waals surface area contributed by atoms with Gasteiger partial charge in [0.1, 0.15) is 12.4 Å². The molecule has 3 unspecified atom stereocenters. The molecule has 3 atom stereocenters. The van der Waals surface area contributed by atoms with Gasteiger partial charge < -0.3 is 15.8 Å². The second-order valence-corrected chi connectivity index (χ2v) is 7.72. The minimum Gasteiger partial charge on any atom is -0.487 e.